The monoisotopic (exact) mass is 367 g/mol. The van der Waals surface area contributed by atoms with Crippen LogP contribution in [0.25, 0.3) is 6.08 Å². The molecule has 1 aliphatic heterocycles. The second-order valence-corrected chi connectivity index (χ2v) is 6.36. The maximum absolute atomic E-state index is 13.0. The van der Waals surface area contributed by atoms with Gasteiger partial charge in [-0.1, -0.05) is 18.2 Å². The number of nitrogens with two attached hydrogens (primary N) is 1. The number of likely N-dealkylation sites (tertiary alicyclic amines) is 1. The van der Waals surface area contributed by atoms with Gasteiger partial charge in [-0.25, -0.2) is 0 Å². The molecule has 0 spiro atoms. The molecule has 0 atom stereocenters. The highest BCUT2D eigenvalue weighted by atomic mass is 16.3. The number of amides is 3. The van der Waals surface area contributed by atoms with Crippen LogP contribution in [0.5, 0.6) is 0 Å². The molecule has 3 N–H and O–H groups in total. The highest BCUT2D eigenvalue weighted by Crippen LogP contribution is 2.19. The van der Waals surface area contributed by atoms with E-state index in [1.54, 1.807) is 41.3 Å². The van der Waals surface area contributed by atoms with Crippen LogP contribution in [0.1, 0.15) is 29.0 Å². The van der Waals surface area contributed by atoms with Crippen LogP contribution in [0.15, 0.2) is 58.8 Å². The zero-order valence-corrected chi connectivity index (χ0v) is 14.8. The molecule has 1 aromatic carbocycles. The number of piperidine rings is 1. The smallest absolute Gasteiger partial charge is 0.270 e. The highest BCUT2D eigenvalue weighted by Gasteiger charge is 2.28. The minimum absolute atomic E-state index is 0.122. The van der Waals surface area contributed by atoms with Crippen LogP contribution < -0.4 is 11.1 Å². The lowest BCUT2D eigenvalue weighted by atomic mass is 9.96. The Kier molecular flexibility index (Phi) is 5.71. The Morgan fingerprint density at radius 2 is 1.78 bits per heavy atom. The minimum atomic E-state index is -0.381. The summed E-state index contributed by atoms with van der Waals surface area (Å²) in [5, 5.41) is 2.68. The van der Waals surface area contributed by atoms with Crippen LogP contribution in [0.3, 0.4) is 0 Å². The van der Waals surface area contributed by atoms with E-state index in [2.05, 4.69) is 5.32 Å². The van der Waals surface area contributed by atoms with Gasteiger partial charge in [0.1, 0.15) is 11.5 Å². The van der Waals surface area contributed by atoms with E-state index in [0.717, 1.165) is 0 Å². The maximum Gasteiger partial charge on any atom is 0.270 e. The van der Waals surface area contributed by atoms with Crippen LogP contribution in [0.2, 0.25) is 0 Å². The number of primary amides is 1. The molecule has 1 aliphatic rings. The first-order valence-electron chi connectivity index (χ1n) is 8.75. The van der Waals surface area contributed by atoms with Gasteiger partial charge < -0.3 is 20.4 Å². The first kappa shape index (κ1) is 18.4. The van der Waals surface area contributed by atoms with Crippen molar-refractivity contribution in [2.75, 3.05) is 13.1 Å². The van der Waals surface area contributed by atoms with Crippen LogP contribution in [0, 0.1) is 5.92 Å². The minimum Gasteiger partial charge on any atom is -0.465 e. The Bertz CT molecular complexity index is 835. The van der Waals surface area contributed by atoms with E-state index < -0.39 is 0 Å². The summed E-state index contributed by atoms with van der Waals surface area (Å²) >= 11 is 0. The van der Waals surface area contributed by atoms with Crippen molar-refractivity contribution in [1.29, 1.82) is 0 Å². The number of hydrogen-bond acceptors (Lipinski definition) is 4. The first-order valence-corrected chi connectivity index (χ1v) is 8.75. The molecule has 0 radical (unpaired) electrons. The number of rotatable bonds is 5. The molecule has 2 aromatic rings. The number of nitrogens with one attached hydrogen (secondary N) is 1. The van der Waals surface area contributed by atoms with Gasteiger partial charge in [0.2, 0.25) is 5.91 Å². The number of carbonyl (C=O) groups excluding carboxylic acids is 3. The molecule has 3 rings (SSSR count). The van der Waals surface area contributed by atoms with Gasteiger partial charge in [0.25, 0.3) is 11.8 Å². The van der Waals surface area contributed by atoms with Crippen molar-refractivity contribution in [2.45, 2.75) is 12.8 Å². The van der Waals surface area contributed by atoms with E-state index in [1.165, 1.54) is 12.3 Å². The predicted octanol–water partition coefficient (Wildman–Crippen LogP) is 1.77. The van der Waals surface area contributed by atoms with Gasteiger partial charge in [-0.2, -0.15) is 0 Å². The molecule has 2 heterocycles. The topological polar surface area (TPSA) is 106 Å². The zero-order valence-electron chi connectivity index (χ0n) is 14.8. The molecule has 1 aromatic heterocycles. The molecule has 1 saturated heterocycles. The van der Waals surface area contributed by atoms with E-state index in [-0.39, 0.29) is 29.3 Å². The number of furan rings is 1. The Hall–Kier alpha value is -3.35. The second kappa shape index (κ2) is 8.35. The van der Waals surface area contributed by atoms with E-state index in [0.29, 0.717) is 37.3 Å². The summed E-state index contributed by atoms with van der Waals surface area (Å²) in [6.45, 7) is 0.812. The van der Waals surface area contributed by atoms with Crippen LogP contribution in [-0.4, -0.2) is 35.7 Å². The Morgan fingerprint density at radius 1 is 1.07 bits per heavy atom. The van der Waals surface area contributed by atoms with E-state index in [9.17, 15) is 14.4 Å². The van der Waals surface area contributed by atoms with E-state index in [4.69, 9.17) is 10.2 Å². The van der Waals surface area contributed by atoms with Gasteiger partial charge in [-0.05, 0) is 37.1 Å². The summed E-state index contributed by atoms with van der Waals surface area (Å²) in [7, 11) is 0. The first-order chi connectivity index (χ1) is 13.0. The fourth-order valence-corrected chi connectivity index (χ4v) is 2.99. The van der Waals surface area contributed by atoms with Gasteiger partial charge in [-0.15, -0.1) is 0 Å². The summed E-state index contributed by atoms with van der Waals surface area (Å²) in [4.78, 5) is 38.4. The molecule has 0 unspecified atom stereocenters. The number of hydrogen-bond donors (Lipinski definition) is 2. The summed E-state index contributed by atoms with van der Waals surface area (Å²) in [5.41, 5.74) is 5.91. The summed E-state index contributed by atoms with van der Waals surface area (Å²) < 4.78 is 5.28. The van der Waals surface area contributed by atoms with Gasteiger partial charge in [0, 0.05) is 30.6 Å². The van der Waals surface area contributed by atoms with Crippen molar-refractivity contribution in [1.82, 2.24) is 10.2 Å². The second-order valence-electron chi connectivity index (χ2n) is 6.36. The Balaban J connectivity index is 1.77. The largest absolute Gasteiger partial charge is 0.465 e. The Labute approximate surface area is 156 Å². The number of benzene rings is 1. The van der Waals surface area contributed by atoms with Gasteiger partial charge in [-0.3, -0.25) is 14.4 Å². The van der Waals surface area contributed by atoms with Crippen molar-refractivity contribution in [3.05, 3.63) is 65.7 Å². The van der Waals surface area contributed by atoms with Crippen LogP contribution in [0.4, 0.5) is 0 Å². The van der Waals surface area contributed by atoms with Crippen molar-refractivity contribution in [3.8, 4) is 0 Å². The number of carbonyl (C=O) groups is 3. The van der Waals surface area contributed by atoms with Crippen molar-refractivity contribution < 1.29 is 18.8 Å². The molecular weight excluding hydrogens is 346 g/mol. The van der Waals surface area contributed by atoms with Gasteiger partial charge >= 0.3 is 0 Å². The summed E-state index contributed by atoms with van der Waals surface area (Å²) in [6.07, 6.45) is 4.03. The Morgan fingerprint density at radius 3 is 2.37 bits per heavy atom. The molecule has 0 saturated carbocycles. The lowest BCUT2D eigenvalue weighted by molar-refractivity contribution is -0.131. The molecule has 27 heavy (non-hydrogen) atoms. The fourth-order valence-electron chi connectivity index (χ4n) is 2.99. The molecule has 0 bridgehead atoms. The lowest BCUT2D eigenvalue weighted by Gasteiger charge is -2.31. The normalized spacial score (nSPS) is 15.4. The predicted molar refractivity (Wildman–Crippen MR) is 99.1 cm³/mol. The molecule has 3 amide bonds. The molecule has 140 valence electrons. The quantitative estimate of drug-likeness (QED) is 0.786. The van der Waals surface area contributed by atoms with Crippen LogP contribution >= 0.6 is 0 Å². The van der Waals surface area contributed by atoms with Gasteiger partial charge in [0.05, 0.1) is 6.26 Å². The average molecular weight is 367 g/mol. The van der Waals surface area contributed by atoms with Crippen molar-refractivity contribution >= 4 is 23.8 Å². The van der Waals surface area contributed by atoms with Crippen molar-refractivity contribution in [2.24, 2.45) is 11.7 Å². The molecule has 7 heteroatoms. The highest BCUT2D eigenvalue weighted by molar-refractivity contribution is 6.05. The lowest BCUT2D eigenvalue weighted by Crippen LogP contribution is -2.44. The van der Waals surface area contributed by atoms with E-state index in [1.807, 2.05) is 6.07 Å². The fraction of sp³-hybridized carbons (Fsp3) is 0.250. The van der Waals surface area contributed by atoms with Crippen LogP contribution in [-0.2, 0) is 9.59 Å². The summed E-state index contributed by atoms with van der Waals surface area (Å²) in [5.74, 6) is -0.803. The van der Waals surface area contributed by atoms with Crippen molar-refractivity contribution in [3.63, 3.8) is 0 Å². The molecular formula is C20H21N3O4. The maximum atomic E-state index is 13.0. The molecule has 7 nitrogen and oxygen atoms in total. The molecule has 1 fully saturated rings. The number of nitrogens with zero attached hydrogens (tertiary/aromatic N) is 1. The summed E-state index contributed by atoms with van der Waals surface area (Å²) in [6, 6.07) is 12.0. The zero-order chi connectivity index (χ0) is 19.2. The standard InChI is InChI=1S/C20H21N3O4/c21-18(24)14-8-10-23(11-9-14)20(26)17(13-16-7-4-12-27-16)22-19(25)15-5-2-1-3-6-15/h1-7,12-14H,8-11H2,(H2,21,24)(H,22,25)/b17-13+. The third-order valence-electron chi connectivity index (χ3n) is 4.53. The average Bonchev–Trinajstić information content (AvgIpc) is 3.20. The SMILES string of the molecule is NC(=O)C1CCN(C(=O)/C(=C\c2ccco2)NC(=O)c2ccccc2)CC1. The third-order valence-corrected chi connectivity index (χ3v) is 4.53. The molecule has 0 aliphatic carbocycles. The third kappa shape index (κ3) is 4.63. The van der Waals surface area contributed by atoms with Gasteiger partial charge in [0.15, 0.2) is 0 Å². The van der Waals surface area contributed by atoms with E-state index >= 15 is 0 Å².